The first-order valence-corrected chi connectivity index (χ1v) is 8.33. The van der Waals surface area contributed by atoms with Gasteiger partial charge in [0, 0.05) is 12.5 Å². The molecule has 2 atom stereocenters. The van der Waals surface area contributed by atoms with Crippen LogP contribution in [0.2, 0.25) is 0 Å². The lowest BCUT2D eigenvalue weighted by atomic mass is 9.97. The number of fused-ring (bicyclic) bond motifs is 2. The SMILES string of the molecule is N#CCCCC1=CC2CCC(C1)N2C(=O)OCc1ccccc1. The zero-order valence-electron chi connectivity index (χ0n) is 13.3. The monoisotopic (exact) mass is 310 g/mol. The van der Waals surface area contributed by atoms with Crippen LogP contribution in [0.3, 0.4) is 0 Å². The summed E-state index contributed by atoms with van der Waals surface area (Å²) in [6, 6.07) is 12.4. The van der Waals surface area contributed by atoms with Crippen LogP contribution in [0.15, 0.2) is 42.0 Å². The molecule has 23 heavy (non-hydrogen) atoms. The third kappa shape index (κ3) is 3.73. The van der Waals surface area contributed by atoms with E-state index in [4.69, 9.17) is 10.00 Å². The summed E-state index contributed by atoms with van der Waals surface area (Å²) in [5.74, 6) is 0. The highest BCUT2D eigenvalue weighted by Gasteiger charge is 2.40. The van der Waals surface area contributed by atoms with Gasteiger partial charge in [-0.05, 0) is 37.7 Å². The maximum absolute atomic E-state index is 12.4. The summed E-state index contributed by atoms with van der Waals surface area (Å²) in [5, 5.41) is 8.64. The van der Waals surface area contributed by atoms with Crippen molar-refractivity contribution in [3.63, 3.8) is 0 Å². The van der Waals surface area contributed by atoms with Gasteiger partial charge >= 0.3 is 6.09 Å². The molecule has 2 aliphatic rings. The molecule has 0 aromatic heterocycles. The zero-order valence-corrected chi connectivity index (χ0v) is 13.3. The second kappa shape index (κ2) is 7.32. The van der Waals surface area contributed by atoms with Gasteiger partial charge < -0.3 is 4.74 Å². The van der Waals surface area contributed by atoms with Gasteiger partial charge in [-0.15, -0.1) is 0 Å². The molecule has 1 aromatic carbocycles. The Hall–Kier alpha value is -2.28. The van der Waals surface area contributed by atoms with Crippen LogP contribution in [0.4, 0.5) is 4.79 Å². The number of carbonyl (C=O) groups is 1. The maximum atomic E-state index is 12.4. The molecule has 1 amide bonds. The van der Waals surface area contributed by atoms with Gasteiger partial charge in [-0.25, -0.2) is 4.79 Å². The Labute approximate surface area is 137 Å². The predicted molar refractivity (Wildman–Crippen MR) is 87.4 cm³/mol. The maximum Gasteiger partial charge on any atom is 0.410 e. The fourth-order valence-corrected chi connectivity index (χ4v) is 3.58. The smallest absolute Gasteiger partial charge is 0.410 e. The number of nitrogens with zero attached hydrogens (tertiary/aromatic N) is 2. The Balaban J connectivity index is 1.56. The van der Waals surface area contributed by atoms with Crippen molar-refractivity contribution in [1.29, 1.82) is 5.26 Å². The number of rotatable bonds is 5. The first kappa shape index (κ1) is 15.6. The second-order valence-electron chi connectivity index (χ2n) is 6.29. The molecule has 1 fully saturated rings. The van der Waals surface area contributed by atoms with E-state index in [1.54, 1.807) is 0 Å². The third-order valence-electron chi connectivity index (χ3n) is 4.67. The summed E-state index contributed by atoms with van der Waals surface area (Å²) in [6.07, 6.45) is 7.53. The van der Waals surface area contributed by atoms with Crippen molar-refractivity contribution in [3.8, 4) is 6.07 Å². The fraction of sp³-hybridized carbons (Fsp3) is 0.474. The Kier molecular flexibility index (Phi) is 4.97. The topological polar surface area (TPSA) is 53.3 Å². The Morgan fingerprint density at radius 1 is 1.30 bits per heavy atom. The second-order valence-corrected chi connectivity index (χ2v) is 6.29. The Morgan fingerprint density at radius 2 is 2.13 bits per heavy atom. The van der Waals surface area contributed by atoms with E-state index >= 15 is 0 Å². The standard InChI is InChI=1S/C19H22N2O2/c20-11-5-4-8-16-12-17-9-10-18(13-16)21(17)19(22)23-14-15-6-2-1-3-7-15/h1-3,6-7,12,17-18H,4-5,8-10,13-14H2. The van der Waals surface area contributed by atoms with Crippen molar-refractivity contribution in [2.45, 2.75) is 57.2 Å². The summed E-state index contributed by atoms with van der Waals surface area (Å²) >= 11 is 0. The molecule has 120 valence electrons. The fourth-order valence-electron chi connectivity index (χ4n) is 3.58. The summed E-state index contributed by atoms with van der Waals surface area (Å²) in [6.45, 7) is 0.328. The third-order valence-corrected chi connectivity index (χ3v) is 4.67. The minimum absolute atomic E-state index is 0.175. The number of amides is 1. The quantitative estimate of drug-likeness (QED) is 0.605. The summed E-state index contributed by atoms with van der Waals surface area (Å²) in [7, 11) is 0. The van der Waals surface area contributed by atoms with Gasteiger partial charge in [0.05, 0.1) is 12.1 Å². The van der Waals surface area contributed by atoms with Crippen LogP contribution >= 0.6 is 0 Å². The van der Waals surface area contributed by atoms with E-state index in [0.29, 0.717) is 13.0 Å². The van der Waals surface area contributed by atoms with E-state index in [1.165, 1.54) is 5.57 Å². The van der Waals surface area contributed by atoms with E-state index in [1.807, 2.05) is 35.2 Å². The molecule has 2 heterocycles. The van der Waals surface area contributed by atoms with Gasteiger partial charge in [0.1, 0.15) is 6.61 Å². The van der Waals surface area contributed by atoms with Gasteiger partial charge in [-0.1, -0.05) is 42.0 Å². The average molecular weight is 310 g/mol. The number of hydrogen-bond donors (Lipinski definition) is 0. The van der Waals surface area contributed by atoms with E-state index in [0.717, 1.165) is 37.7 Å². The van der Waals surface area contributed by atoms with Crippen LogP contribution in [-0.4, -0.2) is 23.1 Å². The highest BCUT2D eigenvalue weighted by molar-refractivity contribution is 5.70. The number of hydrogen-bond acceptors (Lipinski definition) is 3. The normalized spacial score (nSPS) is 22.4. The summed E-state index contributed by atoms with van der Waals surface area (Å²) in [5.41, 5.74) is 2.41. The van der Waals surface area contributed by atoms with Gasteiger partial charge in [0.15, 0.2) is 0 Å². The van der Waals surface area contributed by atoms with Gasteiger partial charge in [0.2, 0.25) is 0 Å². The van der Waals surface area contributed by atoms with E-state index < -0.39 is 0 Å². The first-order valence-electron chi connectivity index (χ1n) is 8.33. The first-order chi connectivity index (χ1) is 11.3. The average Bonchev–Trinajstić information content (AvgIpc) is 2.85. The molecule has 0 radical (unpaired) electrons. The number of unbranched alkanes of at least 4 members (excludes halogenated alkanes) is 1. The highest BCUT2D eigenvalue weighted by atomic mass is 16.6. The molecule has 0 aliphatic carbocycles. The van der Waals surface area contributed by atoms with Crippen molar-refractivity contribution in [1.82, 2.24) is 4.90 Å². The van der Waals surface area contributed by atoms with Crippen molar-refractivity contribution >= 4 is 6.09 Å². The van der Waals surface area contributed by atoms with E-state index in [2.05, 4.69) is 12.1 Å². The predicted octanol–water partition coefficient (Wildman–Crippen LogP) is 4.18. The van der Waals surface area contributed by atoms with Crippen molar-refractivity contribution in [2.75, 3.05) is 0 Å². The number of ether oxygens (including phenoxy) is 1. The lowest BCUT2D eigenvalue weighted by Gasteiger charge is -2.33. The highest BCUT2D eigenvalue weighted by Crippen LogP contribution is 2.36. The largest absolute Gasteiger partial charge is 0.445 e. The summed E-state index contributed by atoms with van der Waals surface area (Å²) in [4.78, 5) is 14.3. The van der Waals surface area contributed by atoms with Crippen molar-refractivity contribution < 1.29 is 9.53 Å². The molecule has 0 N–H and O–H groups in total. The van der Waals surface area contributed by atoms with Gasteiger partial charge in [0.25, 0.3) is 0 Å². The van der Waals surface area contributed by atoms with E-state index in [9.17, 15) is 4.79 Å². The van der Waals surface area contributed by atoms with Crippen molar-refractivity contribution in [2.24, 2.45) is 0 Å². The zero-order chi connectivity index (χ0) is 16.1. The van der Waals surface area contributed by atoms with Crippen LogP contribution in [0.25, 0.3) is 0 Å². The number of carbonyl (C=O) groups excluding carboxylic acids is 1. The van der Waals surface area contributed by atoms with Crippen LogP contribution < -0.4 is 0 Å². The minimum Gasteiger partial charge on any atom is -0.445 e. The molecular formula is C19H22N2O2. The van der Waals surface area contributed by atoms with Crippen LogP contribution in [0, 0.1) is 11.3 Å². The molecule has 1 aromatic rings. The molecular weight excluding hydrogens is 288 g/mol. The van der Waals surface area contributed by atoms with Gasteiger partial charge in [-0.3, -0.25) is 4.90 Å². The minimum atomic E-state index is -0.200. The molecule has 2 aliphatic heterocycles. The molecule has 3 rings (SSSR count). The number of benzene rings is 1. The van der Waals surface area contributed by atoms with Crippen LogP contribution in [-0.2, 0) is 11.3 Å². The molecule has 1 saturated heterocycles. The molecule has 4 heteroatoms. The van der Waals surface area contributed by atoms with Crippen molar-refractivity contribution in [3.05, 3.63) is 47.5 Å². The number of nitriles is 1. The molecule has 0 spiro atoms. The van der Waals surface area contributed by atoms with Crippen LogP contribution in [0.5, 0.6) is 0 Å². The molecule has 4 nitrogen and oxygen atoms in total. The Morgan fingerprint density at radius 3 is 2.87 bits per heavy atom. The molecule has 2 bridgehead atoms. The van der Waals surface area contributed by atoms with E-state index in [-0.39, 0.29) is 18.2 Å². The molecule has 2 unspecified atom stereocenters. The van der Waals surface area contributed by atoms with Crippen LogP contribution in [0.1, 0.15) is 44.1 Å². The molecule has 0 saturated carbocycles. The van der Waals surface area contributed by atoms with Gasteiger partial charge in [-0.2, -0.15) is 5.26 Å². The Bertz CT molecular complexity index is 618. The summed E-state index contributed by atoms with van der Waals surface area (Å²) < 4.78 is 5.50. The lowest BCUT2D eigenvalue weighted by molar-refractivity contribution is 0.0814. The lowest BCUT2D eigenvalue weighted by Crippen LogP contribution is -2.43.